The zero-order valence-electron chi connectivity index (χ0n) is 13.6. The fourth-order valence-corrected chi connectivity index (χ4v) is 3.32. The molecule has 128 valence electrons. The first-order valence-electron chi connectivity index (χ1n) is 8.18. The van der Waals surface area contributed by atoms with Gasteiger partial charge in [-0.15, -0.1) is 5.10 Å². The van der Waals surface area contributed by atoms with Gasteiger partial charge in [0.15, 0.2) is 5.69 Å². The number of hydrogen-bond acceptors (Lipinski definition) is 4. The SMILES string of the molecule is Cc1c(C(=O)NC2CCC(CO)CC2)nnn1-c1cccc(Cl)c1. The fraction of sp³-hybridized carbons (Fsp3) is 0.471. The van der Waals surface area contributed by atoms with E-state index in [2.05, 4.69) is 15.6 Å². The number of carbonyl (C=O) groups is 1. The van der Waals surface area contributed by atoms with Crippen molar-refractivity contribution in [3.05, 3.63) is 40.7 Å². The lowest BCUT2D eigenvalue weighted by Gasteiger charge is -2.27. The molecule has 0 saturated heterocycles. The summed E-state index contributed by atoms with van der Waals surface area (Å²) >= 11 is 6.01. The van der Waals surface area contributed by atoms with Gasteiger partial charge in [0.25, 0.3) is 5.91 Å². The summed E-state index contributed by atoms with van der Waals surface area (Å²) < 4.78 is 1.61. The van der Waals surface area contributed by atoms with Crippen LogP contribution in [0.2, 0.25) is 5.02 Å². The molecular weight excluding hydrogens is 328 g/mol. The first kappa shape index (κ1) is 16.9. The Bertz CT molecular complexity index is 723. The van der Waals surface area contributed by atoms with E-state index in [1.807, 2.05) is 19.1 Å². The van der Waals surface area contributed by atoms with Crippen LogP contribution in [0.1, 0.15) is 41.9 Å². The summed E-state index contributed by atoms with van der Waals surface area (Å²) in [6.07, 6.45) is 3.65. The van der Waals surface area contributed by atoms with Crippen molar-refractivity contribution in [3.8, 4) is 5.69 Å². The molecule has 6 nitrogen and oxygen atoms in total. The Kier molecular flexibility index (Phi) is 5.16. The van der Waals surface area contributed by atoms with E-state index in [-0.39, 0.29) is 18.6 Å². The highest BCUT2D eigenvalue weighted by Crippen LogP contribution is 2.24. The molecule has 0 aliphatic heterocycles. The minimum atomic E-state index is -0.201. The van der Waals surface area contributed by atoms with Crippen LogP contribution >= 0.6 is 11.6 Å². The zero-order chi connectivity index (χ0) is 17.1. The van der Waals surface area contributed by atoms with Crippen LogP contribution in [-0.2, 0) is 0 Å². The summed E-state index contributed by atoms with van der Waals surface area (Å²) in [6.45, 7) is 2.05. The number of rotatable bonds is 4. The highest BCUT2D eigenvalue weighted by molar-refractivity contribution is 6.30. The number of halogens is 1. The van der Waals surface area contributed by atoms with E-state index in [9.17, 15) is 9.90 Å². The number of nitrogens with zero attached hydrogens (tertiary/aromatic N) is 3. The van der Waals surface area contributed by atoms with Crippen molar-refractivity contribution < 1.29 is 9.90 Å². The third-order valence-electron chi connectivity index (χ3n) is 4.60. The topological polar surface area (TPSA) is 80.0 Å². The minimum Gasteiger partial charge on any atom is -0.396 e. The zero-order valence-corrected chi connectivity index (χ0v) is 14.3. The van der Waals surface area contributed by atoms with Crippen LogP contribution in [0.4, 0.5) is 0 Å². The Morgan fingerprint density at radius 1 is 1.38 bits per heavy atom. The van der Waals surface area contributed by atoms with E-state index in [0.29, 0.717) is 22.3 Å². The van der Waals surface area contributed by atoms with Gasteiger partial charge in [0.05, 0.1) is 11.4 Å². The molecule has 3 rings (SSSR count). The van der Waals surface area contributed by atoms with E-state index in [1.54, 1.807) is 16.8 Å². The molecule has 0 atom stereocenters. The van der Waals surface area contributed by atoms with Crippen molar-refractivity contribution in [1.29, 1.82) is 0 Å². The molecule has 1 amide bonds. The number of nitrogens with one attached hydrogen (secondary N) is 1. The third-order valence-corrected chi connectivity index (χ3v) is 4.84. The smallest absolute Gasteiger partial charge is 0.273 e. The van der Waals surface area contributed by atoms with Gasteiger partial charge in [0.1, 0.15) is 0 Å². The summed E-state index contributed by atoms with van der Waals surface area (Å²) in [5.74, 6) is 0.164. The van der Waals surface area contributed by atoms with Gasteiger partial charge >= 0.3 is 0 Å². The quantitative estimate of drug-likeness (QED) is 0.889. The van der Waals surface area contributed by atoms with Crippen LogP contribution in [0.5, 0.6) is 0 Å². The van der Waals surface area contributed by atoms with Gasteiger partial charge in [-0.1, -0.05) is 22.9 Å². The summed E-state index contributed by atoms with van der Waals surface area (Å²) in [7, 11) is 0. The molecule has 0 radical (unpaired) electrons. The maximum absolute atomic E-state index is 12.5. The molecule has 24 heavy (non-hydrogen) atoms. The molecule has 2 N–H and O–H groups in total. The lowest BCUT2D eigenvalue weighted by atomic mass is 9.86. The number of hydrogen-bond donors (Lipinski definition) is 2. The summed E-state index contributed by atoms with van der Waals surface area (Å²) in [5, 5.41) is 20.9. The van der Waals surface area contributed by atoms with Crippen molar-refractivity contribution in [2.75, 3.05) is 6.61 Å². The van der Waals surface area contributed by atoms with Gasteiger partial charge in [0.2, 0.25) is 0 Å². The molecule has 1 aromatic heterocycles. The number of carbonyl (C=O) groups excluding carboxylic acids is 1. The van der Waals surface area contributed by atoms with E-state index >= 15 is 0 Å². The Labute approximate surface area is 145 Å². The van der Waals surface area contributed by atoms with Crippen molar-refractivity contribution >= 4 is 17.5 Å². The number of amides is 1. The van der Waals surface area contributed by atoms with Crippen molar-refractivity contribution in [3.63, 3.8) is 0 Å². The molecular formula is C17H21ClN4O2. The van der Waals surface area contributed by atoms with Crippen LogP contribution in [0.15, 0.2) is 24.3 Å². The van der Waals surface area contributed by atoms with E-state index in [0.717, 1.165) is 31.4 Å². The van der Waals surface area contributed by atoms with Gasteiger partial charge in [-0.25, -0.2) is 4.68 Å². The van der Waals surface area contributed by atoms with Crippen LogP contribution < -0.4 is 5.32 Å². The minimum absolute atomic E-state index is 0.135. The molecule has 1 aromatic carbocycles. The number of benzene rings is 1. The lowest BCUT2D eigenvalue weighted by molar-refractivity contribution is 0.0908. The summed E-state index contributed by atoms with van der Waals surface area (Å²) in [5.41, 5.74) is 1.79. The molecule has 1 fully saturated rings. The van der Waals surface area contributed by atoms with Crippen LogP contribution in [0.25, 0.3) is 5.69 Å². The van der Waals surface area contributed by atoms with Crippen molar-refractivity contribution in [1.82, 2.24) is 20.3 Å². The van der Waals surface area contributed by atoms with Crippen LogP contribution in [-0.4, -0.2) is 38.7 Å². The fourth-order valence-electron chi connectivity index (χ4n) is 3.14. The molecule has 0 spiro atoms. The molecule has 0 bridgehead atoms. The molecule has 1 aliphatic rings. The van der Waals surface area contributed by atoms with E-state index < -0.39 is 0 Å². The maximum atomic E-state index is 12.5. The predicted octanol–water partition coefficient (Wildman–Crippen LogP) is 2.51. The second kappa shape index (κ2) is 7.32. The second-order valence-corrected chi connectivity index (χ2v) is 6.73. The van der Waals surface area contributed by atoms with E-state index in [4.69, 9.17) is 11.6 Å². The maximum Gasteiger partial charge on any atom is 0.273 e. The second-order valence-electron chi connectivity index (χ2n) is 6.29. The van der Waals surface area contributed by atoms with Gasteiger partial charge in [-0.2, -0.15) is 0 Å². The molecule has 1 heterocycles. The monoisotopic (exact) mass is 348 g/mol. The largest absolute Gasteiger partial charge is 0.396 e. The summed E-state index contributed by atoms with van der Waals surface area (Å²) in [4.78, 5) is 12.5. The first-order valence-corrected chi connectivity index (χ1v) is 8.56. The van der Waals surface area contributed by atoms with Crippen molar-refractivity contribution in [2.45, 2.75) is 38.6 Å². The number of aliphatic hydroxyl groups excluding tert-OH is 1. The van der Waals surface area contributed by atoms with E-state index in [1.165, 1.54) is 0 Å². The molecule has 1 saturated carbocycles. The molecule has 0 unspecified atom stereocenters. The highest BCUT2D eigenvalue weighted by Gasteiger charge is 2.24. The average molecular weight is 349 g/mol. The molecule has 7 heteroatoms. The first-order chi connectivity index (χ1) is 11.6. The van der Waals surface area contributed by atoms with Crippen LogP contribution in [0.3, 0.4) is 0 Å². The Morgan fingerprint density at radius 2 is 2.12 bits per heavy atom. The van der Waals surface area contributed by atoms with Crippen molar-refractivity contribution in [2.24, 2.45) is 5.92 Å². The van der Waals surface area contributed by atoms with Crippen LogP contribution in [0, 0.1) is 12.8 Å². The summed E-state index contributed by atoms with van der Waals surface area (Å²) in [6, 6.07) is 7.40. The number of aliphatic hydroxyl groups is 1. The normalized spacial score (nSPS) is 20.8. The van der Waals surface area contributed by atoms with Gasteiger partial charge in [-0.3, -0.25) is 4.79 Å². The lowest BCUT2D eigenvalue weighted by Crippen LogP contribution is -2.38. The average Bonchev–Trinajstić information content (AvgIpc) is 2.97. The Morgan fingerprint density at radius 3 is 2.79 bits per heavy atom. The Balaban J connectivity index is 1.70. The molecule has 2 aromatic rings. The molecule has 1 aliphatic carbocycles. The Hall–Kier alpha value is -1.92. The van der Waals surface area contributed by atoms with Gasteiger partial charge < -0.3 is 10.4 Å². The third kappa shape index (κ3) is 3.60. The predicted molar refractivity (Wildman–Crippen MR) is 91.4 cm³/mol. The highest BCUT2D eigenvalue weighted by atomic mass is 35.5. The number of aromatic nitrogens is 3. The standard InChI is InChI=1S/C17H21ClN4O2/c1-11-16(17(24)19-14-7-5-12(10-23)6-8-14)20-21-22(11)15-4-2-3-13(18)9-15/h2-4,9,12,14,23H,5-8,10H2,1H3,(H,19,24). The van der Waals surface area contributed by atoms with Gasteiger partial charge in [0, 0.05) is 17.7 Å². The van der Waals surface area contributed by atoms with Gasteiger partial charge in [-0.05, 0) is 56.7 Å².